The van der Waals surface area contributed by atoms with E-state index in [2.05, 4.69) is 14.9 Å². The third-order valence-electron chi connectivity index (χ3n) is 4.47. The SMILES string of the molecule is COc1ccc(S(=O)(=O)NCc2nncn2C2CCCCC2)cc1F. The van der Waals surface area contributed by atoms with Gasteiger partial charge >= 0.3 is 0 Å². The monoisotopic (exact) mass is 368 g/mol. The molecule has 1 saturated carbocycles. The average Bonchev–Trinajstić information content (AvgIpc) is 3.09. The van der Waals surface area contributed by atoms with Gasteiger partial charge in [0.1, 0.15) is 12.2 Å². The van der Waals surface area contributed by atoms with Crippen molar-refractivity contribution in [2.75, 3.05) is 7.11 Å². The molecule has 0 radical (unpaired) electrons. The van der Waals surface area contributed by atoms with Gasteiger partial charge in [0.15, 0.2) is 11.6 Å². The summed E-state index contributed by atoms with van der Waals surface area (Å²) >= 11 is 0. The number of rotatable bonds is 6. The number of sulfonamides is 1. The van der Waals surface area contributed by atoms with Crippen molar-refractivity contribution in [3.8, 4) is 5.75 Å². The van der Waals surface area contributed by atoms with Crippen LogP contribution < -0.4 is 9.46 Å². The number of ether oxygens (including phenoxy) is 1. The van der Waals surface area contributed by atoms with E-state index in [0.717, 1.165) is 31.7 Å². The number of nitrogens with zero attached hydrogens (tertiary/aromatic N) is 3. The molecule has 0 spiro atoms. The largest absolute Gasteiger partial charge is 0.494 e. The summed E-state index contributed by atoms with van der Waals surface area (Å²) in [5.41, 5.74) is 0. The molecule has 1 aromatic carbocycles. The van der Waals surface area contributed by atoms with Gasteiger partial charge in [0.2, 0.25) is 10.0 Å². The van der Waals surface area contributed by atoms with Gasteiger partial charge in [0.25, 0.3) is 0 Å². The van der Waals surface area contributed by atoms with Crippen molar-refractivity contribution in [2.24, 2.45) is 0 Å². The number of aromatic nitrogens is 3. The predicted molar refractivity (Wildman–Crippen MR) is 89.1 cm³/mol. The van der Waals surface area contributed by atoms with Crippen LogP contribution in [0.1, 0.15) is 44.0 Å². The van der Waals surface area contributed by atoms with E-state index in [1.165, 1.54) is 25.7 Å². The van der Waals surface area contributed by atoms with Crippen molar-refractivity contribution in [3.63, 3.8) is 0 Å². The number of hydrogen-bond acceptors (Lipinski definition) is 5. The Morgan fingerprint density at radius 2 is 2.08 bits per heavy atom. The van der Waals surface area contributed by atoms with Crippen molar-refractivity contribution in [1.82, 2.24) is 19.5 Å². The Bertz CT molecular complexity index is 832. The third-order valence-corrected chi connectivity index (χ3v) is 5.87. The van der Waals surface area contributed by atoms with Gasteiger partial charge in [-0.3, -0.25) is 0 Å². The molecule has 1 N–H and O–H groups in total. The van der Waals surface area contributed by atoms with Crippen molar-refractivity contribution >= 4 is 10.0 Å². The molecule has 1 aromatic heterocycles. The summed E-state index contributed by atoms with van der Waals surface area (Å²) in [6.45, 7) is 0.00643. The Morgan fingerprint density at radius 1 is 1.32 bits per heavy atom. The first kappa shape index (κ1) is 17.8. The minimum absolute atomic E-state index is 0.00371. The summed E-state index contributed by atoms with van der Waals surface area (Å²) in [5.74, 6) is -0.170. The first-order chi connectivity index (χ1) is 12.0. The highest BCUT2D eigenvalue weighted by molar-refractivity contribution is 7.89. The second-order valence-corrected chi connectivity index (χ2v) is 7.83. The molecule has 0 unspecified atom stereocenters. The van der Waals surface area contributed by atoms with E-state index in [9.17, 15) is 12.8 Å². The molecule has 136 valence electrons. The van der Waals surface area contributed by atoms with Crippen LogP contribution in [0.4, 0.5) is 4.39 Å². The molecule has 1 aliphatic rings. The lowest BCUT2D eigenvalue weighted by Gasteiger charge is -2.24. The molecule has 1 aliphatic carbocycles. The highest BCUT2D eigenvalue weighted by atomic mass is 32.2. The summed E-state index contributed by atoms with van der Waals surface area (Å²) in [6.07, 6.45) is 7.26. The smallest absolute Gasteiger partial charge is 0.241 e. The van der Waals surface area contributed by atoms with Crippen LogP contribution >= 0.6 is 0 Å². The number of methoxy groups -OCH3 is 1. The molecule has 0 atom stereocenters. The maximum absolute atomic E-state index is 13.8. The minimum atomic E-state index is -3.86. The molecular formula is C16H21FN4O3S. The summed E-state index contributed by atoms with van der Waals surface area (Å²) in [4.78, 5) is -0.158. The van der Waals surface area contributed by atoms with E-state index < -0.39 is 15.8 Å². The Morgan fingerprint density at radius 3 is 2.76 bits per heavy atom. The Hall–Kier alpha value is -2.00. The molecule has 9 heteroatoms. The van der Waals surface area contributed by atoms with E-state index in [4.69, 9.17) is 4.74 Å². The molecule has 0 aliphatic heterocycles. The molecule has 7 nitrogen and oxygen atoms in total. The Labute approximate surface area is 146 Å². The average molecular weight is 368 g/mol. The van der Waals surface area contributed by atoms with E-state index in [-0.39, 0.29) is 17.2 Å². The zero-order valence-corrected chi connectivity index (χ0v) is 14.8. The van der Waals surface area contributed by atoms with Gasteiger partial charge in [-0.2, -0.15) is 0 Å². The highest BCUT2D eigenvalue weighted by Crippen LogP contribution is 2.28. The summed E-state index contributed by atoms with van der Waals surface area (Å²) in [6, 6.07) is 3.83. The first-order valence-electron chi connectivity index (χ1n) is 8.23. The van der Waals surface area contributed by atoms with Gasteiger partial charge in [-0.05, 0) is 31.0 Å². The second-order valence-electron chi connectivity index (χ2n) is 6.07. The van der Waals surface area contributed by atoms with Crippen LogP contribution in [0.3, 0.4) is 0 Å². The van der Waals surface area contributed by atoms with Gasteiger partial charge in [0, 0.05) is 6.04 Å². The van der Waals surface area contributed by atoms with Gasteiger partial charge in [0.05, 0.1) is 18.6 Å². The van der Waals surface area contributed by atoms with Gasteiger partial charge in [-0.15, -0.1) is 10.2 Å². The molecular weight excluding hydrogens is 347 g/mol. The molecule has 0 amide bonds. The van der Waals surface area contributed by atoms with Crippen LogP contribution in [0, 0.1) is 5.82 Å². The minimum Gasteiger partial charge on any atom is -0.494 e. The number of nitrogens with one attached hydrogen (secondary N) is 1. The Balaban J connectivity index is 1.73. The molecule has 1 fully saturated rings. The van der Waals surface area contributed by atoms with Crippen LogP contribution in [0.25, 0.3) is 0 Å². The highest BCUT2D eigenvalue weighted by Gasteiger charge is 2.21. The summed E-state index contributed by atoms with van der Waals surface area (Å²) in [5, 5.41) is 7.93. The van der Waals surface area contributed by atoms with Crippen molar-refractivity contribution in [3.05, 3.63) is 36.2 Å². The molecule has 0 bridgehead atoms. The number of halogens is 1. The quantitative estimate of drug-likeness (QED) is 0.846. The van der Waals surface area contributed by atoms with Crippen molar-refractivity contribution < 1.29 is 17.5 Å². The predicted octanol–water partition coefficient (Wildman–Crippen LogP) is 2.41. The Kier molecular flexibility index (Phi) is 5.33. The zero-order chi connectivity index (χ0) is 17.9. The summed E-state index contributed by atoms with van der Waals surface area (Å²) in [7, 11) is -2.54. The lowest BCUT2D eigenvalue weighted by Crippen LogP contribution is -2.26. The molecule has 2 aromatic rings. The third kappa shape index (κ3) is 3.98. The van der Waals surface area contributed by atoms with Crippen molar-refractivity contribution in [1.29, 1.82) is 0 Å². The normalized spacial score (nSPS) is 16.1. The van der Waals surface area contributed by atoms with E-state index in [1.807, 2.05) is 4.57 Å². The number of benzene rings is 1. The molecule has 0 saturated heterocycles. The summed E-state index contributed by atoms with van der Waals surface area (Å²) < 4.78 is 47.7. The van der Waals surface area contributed by atoms with E-state index in [1.54, 1.807) is 6.33 Å². The molecule has 25 heavy (non-hydrogen) atoms. The number of hydrogen-bond donors (Lipinski definition) is 1. The van der Waals surface area contributed by atoms with E-state index >= 15 is 0 Å². The maximum Gasteiger partial charge on any atom is 0.241 e. The zero-order valence-electron chi connectivity index (χ0n) is 14.0. The maximum atomic E-state index is 13.8. The van der Waals surface area contributed by atoms with E-state index in [0.29, 0.717) is 11.9 Å². The van der Waals surface area contributed by atoms with Crippen LogP contribution in [-0.4, -0.2) is 30.3 Å². The standard InChI is InChI=1S/C16H21FN4O3S/c1-24-15-8-7-13(9-14(15)17)25(22,23)19-10-16-20-18-11-21(16)12-5-3-2-4-6-12/h7-9,11-12,19H,2-6,10H2,1H3. The van der Waals surface area contributed by atoms with Crippen LogP contribution in [-0.2, 0) is 16.6 Å². The van der Waals surface area contributed by atoms with Gasteiger partial charge < -0.3 is 9.30 Å². The molecule has 3 rings (SSSR count). The van der Waals surface area contributed by atoms with Crippen LogP contribution in [0.15, 0.2) is 29.4 Å². The van der Waals surface area contributed by atoms with Crippen LogP contribution in [0.2, 0.25) is 0 Å². The van der Waals surface area contributed by atoms with Crippen molar-refractivity contribution in [2.45, 2.75) is 49.6 Å². The topological polar surface area (TPSA) is 86.1 Å². The molecule has 1 heterocycles. The second kappa shape index (κ2) is 7.49. The van der Waals surface area contributed by atoms with Gasteiger partial charge in [-0.1, -0.05) is 19.3 Å². The van der Waals surface area contributed by atoms with Crippen LogP contribution in [0.5, 0.6) is 5.75 Å². The fraction of sp³-hybridized carbons (Fsp3) is 0.500. The van der Waals surface area contributed by atoms with Gasteiger partial charge in [-0.25, -0.2) is 17.5 Å². The lowest BCUT2D eigenvalue weighted by atomic mass is 9.95. The lowest BCUT2D eigenvalue weighted by molar-refractivity contribution is 0.344. The first-order valence-corrected chi connectivity index (χ1v) is 9.71. The fourth-order valence-electron chi connectivity index (χ4n) is 3.11. The fourth-order valence-corrected chi connectivity index (χ4v) is 4.11.